The summed E-state index contributed by atoms with van der Waals surface area (Å²) in [6, 6.07) is 89.8. The Bertz CT molecular complexity index is 6130. The maximum absolute atomic E-state index is 2.51. The number of fused-ring (bicyclic) bond motifs is 8. The van der Waals surface area contributed by atoms with Gasteiger partial charge in [-0.05, 0) is 292 Å². The molecule has 18 rings (SSSR count). The molecule has 16 aromatic carbocycles. The van der Waals surface area contributed by atoms with E-state index in [-0.39, 0.29) is 21.7 Å². The second-order valence-corrected chi connectivity index (χ2v) is 34.8. The van der Waals surface area contributed by atoms with Crippen LogP contribution in [0.1, 0.15) is 204 Å². The lowest BCUT2D eigenvalue weighted by atomic mass is 9.76. The Hall–Kier alpha value is -9.88. The Kier molecular flexibility index (Phi) is 15.0. The number of hydrogen-bond acceptors (Lipinski definition) is 0. The van der Waals surface area contributed by atoms with E-state index in [2.05, 4.69) is 355 Å². The highest BCUT2D eigenvalue weighted by Gasteiger charge is 2.40. The predicted octanol–water partition coefficient (Wildman–Crippen LogP) is 29.8. The average Bonchev–Trinajstić information content (AvgIpc) is 1.14. The summed E-state index contributed by atoms with van der Waals surface area (Å²) in [5, 5.41) is 21.7. The van der Waals surface area contributed by atoms with E-state index in [0.717, 1.165) is 0 Å². The molecule has 102 heavy (non-hydrogen) atoms. The summed E-state index contributed by atoms with van der Waals surface area (Å²) in [7, 11) is 0. The summed E-state index contributed by atoms with van der Waals surface area (Å²) in [6.45, 7) is 42.2. The van der Waals surface area contributed by atoms with Crippen LogP contribution >= 0.6 is 0 Å². The monoisotopic (exact) mass is 1320 g/mol. The molecule has 0 aliphatic heterocycles. The molecular formula is C102H96. The first kappa shape index (κ1) is 65.4. The Morgan fingerprint density at radius 3 is 1.16 bits per heavy atom. The van der Waals surface area contributed by atoms with Gasteiger partial charge in [-0.25, -0.2) is 0 Å². The smallest absolute Gasteiger partial charge is 0.0159 e. The van der Waals surface area contributed by atoms with Gasteiger partial charge in [0.25, 0.3) is 0 Å². The highest BCUT2D eigenvalue weighted by molar-refractivity contribution is 6.28. The molecule has 0 amide bonds. The van der Waals surface area contributed by atoms with E-state index < -0.39 is 0 Å². The zero-order chi connectivity index (χ0) is 71.1. The maximum Gasteiger partial charge on any atom is 0.0159 e. The van der Waals surface area contributed by atoms with E-state index in [1.54, 1.807) is 0 Å². The van der Waals surface area contributed by atoms with Gasteiger partial charge in [0.05, 0.1) is 0 Å². The average molecular weight is 1320 g/mol. The van der Waals surface area contributed by atoms with E-state index >= 15 is 0 Å². The maximum atomic E-state index is 2.51. The van der Waals surface area contributed by atoms with Crippen molar-refractivity contribution in [1.82, 2.24) is 0 Å². The first-order chi connectivity index (χ1) is 48.6. The third kappa shape index (κ3) is 10.2. The summed E-state index contributed by atoms with van der Waals surface area (Å²) in [5.41, 5.74) is 30.2. The van der Waals surface area contributed by atoms with Crippen molar-refractivity contribution in [1.29, 1.82) is 0 Å². The predicted molar refractivity (Wildman–Crippen MR) is 446 cm³/mol. The normalized spacial score (nSPS) is 14.1. The zero-order valence-electron chi connectivity index (χ0n) is 63.2. The molecular weight excluding hydrogens is 1230 g/mol. The molecule has 2 aliphatic rings. The van der Waals surface area contributed by atoms with E-state index in [0.29, 0.717) is 23.7 Å². The summed E-state index contributed by atoms with van der Waals surface area (Å²) < 4.78 is 0. The molecule has 504 valence electrons. The third-order valence-corrected chi connectivity index (χ3v) is 24.2. The minimum absolute atomic E-state index is 0.00890. The van der Waals surface area contributed by atoms with Gasteiger partial charge in [-0.1, -0.05) is 307 Å². The molecule has 0 heterocycles. The minimum Gasteiger partial charge on any atom is -0.0619 e. The third-order valence-electron chi connectivity index (χ3n) is 24.2. The van der Waals surface area contributed by atoms with E-state index in [4.69, 9.17) is 0 Å². The molecule has 0 unspecified atom stereocenters. The first-order valence-corrected chi connectivity index (χ1v) is 37.8. The van der Waals surface area contributed by atoms with Crippen LogP contribution < -0.4 is 0 Å². The number of benzene rings is 16. The van der Waals surface area contributed by atoms with Gasteiger partial charge in [-0.3, -0.25) is 0 Å². The molecule has 16 aromatic rings. The van der Waals surface area contributed by atoms with Gasteiger partial charge in [0, 0.05) is 10.8 Å². The Morgan fingerprint density at radius 2 is 0.618 bits per heavy atom. The lowest BCUT2D eigenvalue weighted by Gasteiger charge is -2.27. The first-order valence-electron chi connectivity index (χ1n) is 37.8. The van der Waals surface area contributed by atoms with Gasteiger partial charge >= 0.3 is 0 Å². The van der Waals surface area contributed by atoms with Crippen LogP contribution in [0, 0.1) is 0 Å². The molecule has 0 bridgehead atoms. The second-order valence-electron chi connectivity index (χ2n) is 34.8. The summed E-state index contributed by atoms with van der Waals surface area (Å²) in [5.74, 6) is 1.78. The Balaban J connectivity index is 0.000000153. The largest absolute Gasteiger partial charge is 0.0619 e. The van der Waals surface area contributed by atoms with Crippen molar-refractivity contribution in [2.75, 3.05) is 0 Å². The van der Waals surface area contributed by atoms with Gasteiger partial charge in [-0.15, -0.1) is 0 Å². The molecule has 0 fully saturated rings. The van der Waals surface area contributed by atoms with Crippen molar-refractivity contribution in [3.05, 3.63) is 286 Å². The highest BCUT2D eigenvalue weighted by Crippen LogP contribution is 2.56. The summed E-state index contributed by atoms with van der Waals surface area (Å²) in [6.07, 6.45) is 0. The molecule has 0 spiro atoms. The molecule has 0 heteroatoms. The molecule has 0 N–H and O–H groups in total. The van der Waals surface area contributed by atoms with E-state index in [1.807, 2.05) is 0 Å². The lowest BCUT2D eigenvalue weighted by Crippen LogP contribution is -2.19. The van der Waals surface area contributed by atoms with Crippen molar-refractivity contribution in [2.24, 2.45) is 0 Å². The van der Waals surface area contributed by atoms with E-state index in [1.165, 1.54) is 209 Å². The van der Waals surface area contributed by atoms with Crippen LogP contribution in [0.25, 0.3) is 153 Å². The lowest BCUT2D eigenvalue weighted by molar-refractivity contribution is 0.580. The SMILES string of the molecule is CC(C)c1ccc2ccc3c(C(C)C)cc(-c4ccc5cc(-c6cc(C(C)(C)C)cc7c6-c6ccc(C(C)(C)C)cc6C7(C)C)ccc5c4)c4ccc1c2c43.CC(C)c1ccc2ccc3c(C(C)C)cc(-c4ccc5ccc(-c6ccc7c(c6)C(C)(C)c6ccccc6-7)cc5c4)c4ccc1c2c43. The van der Waals surface area contributed by atoms with Crippen molar-refractivity contribution < 1.29 is 0 Å². The van der Waals surface area contributed by atoms with Crippen molar-refractivity contribution in [3.63, 3.8) is 0 Å². The fraction of sp³-hybridized carbons (Fsp3) is 0.255. The van der Waals surface area contributed by atoms with Crippen LogP contribution in [-0.4, -0.2) is 0 Å². The quantitative estimate of drug-likeness (QED) is 0.133. The van der Waals surface area contributed by atoms with Gasteiger partial charge in [0.2, 0.25) is 0 Å². The summed E-state index contributed by atoms with van der Waals surface area (Å²) in [4.78, 5) is 0. The van der Waals surface area contributed by atoms with Crippen molar-refractivity contribution >= 4 is 86.2 Å². The van der Waals surface area contributed by atoms with E-state index in [9.17, 15) is 0 Å². The molecule has 0 radical (unpaired) electrons. The Morgan fingerprint density at radius 1 is 0.235 bits per heavy atom. The van der Waals surface area contributed by atoms with Crippen LogP contribution in [0.2, 0.25) is 0 Å². The topological polar surface area (TPSA) is 0 Å². The van der Waals surface area contributed by atoms with Crippen LogP contribution in [-0.2, 0) is 21.7 Å². The van der Waals surface area contributed by atoms with Crippen LogP contribution in [0.5, 0.6) is 0 Å². The summed E-state index contributed by atoms with van der Waals surface area (Å²) >= 11 is 0. The molecule has 2 aliphatic carbocycles. The van der Waals surface area contributed by atoms with Crippen molar-refractivity contribution in [2.45, 2.75) is 170 Å². The van der Waals surface area contributed by atoms with Crippen LogP contribution in [0.15, 0.2) is 231 Å². The standard InChI is InChI=1S/C55H56.C47H40/c1-31(2)40-20-17-33-18-21-42-45(32(3)4)30-46(43-24-23-41(40)50(33)52(42)43)36-15-13-35-26-37(16-14-34(35)25-36)47-27-39(54(8,9)10)29-49-51(47)44-22-19-38(53(5,6)7)28-48(44)55(49,11)12;1-27(2)35-18-15-30-16-20-39-41(28(3)4)26-42(40-22-21-38(35)45(30)46(39)40)33-14-12-29-11-13-31(23-34(29)24-33)32-17-19-37-36-9-7-8-10-43(36)47(5,6)44(37)25-32/h13-32H,1-12H3;7-28H,1-6H3. The highest BCUT2D eigenvalue weighted by atomic mass is 14.4. The van der Waals surface area contributed by atoms with Gasteiger partial charge in [0.1, 0.15) is 0 Å². The molecule has 0 saturated carbocycles. The fourth-order valence-electron chi connectivity index (χ4n) is 18.4. The Labute approximate surface area is 605 Å². The van der Waals surface area contributed by atoms with Crippen LogP contribution in [0.4, 0.5) is 0 Å². The van der Waals surface area contributed by atoms with Gasteiger partial charge in [0.15, 0.2) is 0 Å². The molecule has 0 saturated heterocycles. The molecule has 0 aromatic heterocycles. The molecule has 0 nitrogen and oxygen atoms in total. The second kappa shape index (κ2) is 23.3. The zero-order valence-corrected chi connectivity index (χ0v) is 63.2. The minimum atomic E-state index is -0.0838. The number of hydrogen-bond donors (Lipinski definition) is 0. The van der Waals surface area contributed by atoms with Crippen molar-refractivity contribution in [3.8, 4) is 66.8 Å². The fourth-order valence-corrected chi connectivity index (χ4v) is 18.4. The van der Waals surface area contributed by atoms with Crippen LogP contribution in [0.3, 0.4) is 0 Å². The molecule has 0 atom stereocenters. The number of rotatable bonds is 8. The van der Waals surface area contributed by atoms with Gasteiger partial charge in [-0.2, -0.15) is 0 Å². The van der Waals surface area contributed by atoms with Gasteiger partial charge < -0.3 is 0 Å².